The second-order valence-electron chi connectivity index (χ2n) is 5.06. The Kier molecular flexibility index (Phi) is 9.65. The molecular formula is C19H28F2N2O. The lowest BCUT2D eigenvalue weighted by molar-refractivity contribution is 0.199. The number of hydrogen-bond acceptors (Lipinski definition) is 3. The standard InChI is InChI=1S/C17H22F2N2O.C2H6/c1-6-15(9-11(2)18)21(5)13(4)20-17-8-7-14(19)10-16(17)12(3)22;1-2/h6-10,12-13,20,22H,1-2H2,3-5H3;1-2H3/b15-9+;. The van der Waals surface area contributed by atoms with Crippen molar-refractivity contribution in [3.05, 3.63) is 66.4 Å². The summed E-state index contributed by atoms with van der Waals surface area (Å²) in [5, 5.41) is 12.9. The first-order valence-electron chi connectivity index (χ1n) is 7.91. The summed E-state index contributed by atoms with van der Waals surface area (Å²) in [7, 11) is 1.76. The third-order valence-electron chi connectivity index (χ3n) is 3.33. The zero-order chi connectivity index (χ0) is 18.9. The van der Waals surface area contributed by atoms with Crippen LogP contribution in [0.5, 0.6) is 0 Å². The summed E-state index contributed by atoms with van der Waals surface area (Å²) in [4.78, 5) is 1.76. The molecule has 1 rings (SSSR count). The Morgan fingerprint density at radius 1 is 1.33 bits per heavy atom. The van der Waals surface area contributed by atoms with Crippen LogP contribution in [0.15, 0.2) is 55.0 Å². The Morgan fingerprint density at radius 3 is 2.38 bits per heavy atom. The van der Waals surface area contributed by atoms with Crippen LogP contribution >= 0.6 is 0 Å². The second kappa shape index (κ2) is 10.6. The fraction of sp³-hybridized carbons (Fsp3) is 0.368. The van der Waals surface area contributed by atoms with E-state index in [9.17, 15) is 13.9 Å². The molecule has 3 nitrogen and oxygen atoms in total. The van der Waals surface area contributed by atoms with Crippen molar-refractivity contribution in [3.8, 4) is 0 Å². The fourth-order valence-corrected chi connectivity index (χ4v) is 2.02. The zero-order valence-electron chi connectivity index (χ0n) is 15.1. The van der Waals surface area contributed by atoms with Crippen molar-refractivity contribution in [2.45, 2.75) is 40.0 Å². The monoisotopic (exact) mass is 338 g/mol. The molecule has 0 aromatic heterocycles. The number of nitrogens with one attached hydrogen (secondary N) is 1. The minimum absolute atomic E-state index is 0.244. The number of benzene rings is 1. The molecule has 24 heavy (non-hydrogen) atoms. The van der Waals surface area contributed by atoms with Crippen molar-refractivity contribution in [2.75, 3.05) is 12.4 Å². The van der Waals surface area contributed by atoms with Crippen LogP contribution in [0.2, 0.25) is 0 Å². The average molecular weight is 338 g/mol. The highest BCUT2D eigenvalue weighted by atomic mass is 19.1. The highest BCUT2D eigenvalue weighted by Gasteiger charge is 2.15. The van der Waals surface area contributed by atoms with Gasteiger partial charge in [0.15, 0.2) is 0 Å². The van der Waals surface area contributed by atoms with Gasteiger partial charge in [-0.25, -0.2) is 8.78 Å². The SMILES string of the molecule is C=C/C(=C\C(=C)F)N(C)C(C)Nc1ccc(F)cc1C(C)O.CC. The van der Waals surface area contributed by atoms with Gasteiger partial charge in [-0.15, -0.1) is 0 Å². The number of aliphatic hydroxyl groups excluding tert-OH is 1. The van der Waals surface area contributed by atoms with Crippen molar-refractivity contribution in [3.63, 3.8) is 0 Å². The number of aliphatic hydroxyl groups is 1. The Hall–Kier alpha value is -2.14. The molecule has 0 spiro atoms. The third kappa shape index (κ3) is 6.54. The summed E-state index contributed by atoms with van der Waals surface area (Å²) in [5.74, 6) is -0.983. The zero-order valence-corrected chi connectivity index (χ0v) is 15.1. The number of rotatable bonds is 7. The van der Waals surface area contributed by atoms with Gasteiger partial charge in [0, 0.05) is 24.0 Å². The lowest BCUT2D eigenvalue weighted by atomic mass is 10.1. The van der Waals surface area contributed by atoms with Crippen LogP contribution in [0.3, 0.4) is 0 Å². The molecule has 1 aromatic carbocycles. The maximum atomic E-state index is 13.3. The third-order valence-corrected chi connectivity index (χ3v) is 3.33. The molecule has 0 bridgehead atoms. The van der Waals surface area contributed by atoms with Gasteiger partial charge in [-0.1, -0.05) is 27.0 Å². The maximum Gasteiger partial charge on any atom is 0.123 e. The number of hydrogen-bond donors (Lipinski definition) is 2. The van der Waals surface area contributed by atoms with Crippen LogP contribution in [0.4, 0.5) is 14.5 Å². The van der Waals surface area contributed by atoms with Crippen LogP contribution in [-0.4, -0.2) is 23.2 Å². The lowest BCUT2D eigenvalue weighted by Crippen LogP contribution is -2.34. The van der Waals surface area contributed by atoms with E-state index in [-0.39, 0.29) is 6.17 Å². The molecule has 134 valence electrons. The van der Waals surface area contributed by atoms with Crippen molar-refractivity contribution in [1.29, 1.82) is 0 Å². The fourth-order valence-electron chi connectivity index (χ4n) is 2.02. The molecule has 0 amide bonds. The number of likely N-dealkylation sites (N-methyl/N-ethyl adjacent to an activating group) is 1. The highest BCUT2D eigenvalue weighted by Crippen LogP contribution is 2.25. The summed E-state index contributed by atoms with van der Waals surface area (Å²) < 4.78 is 26.3. The first-order chi connectivity index (χ1) is 11.3. The number of nitrogens with zero attached hydrogens (tertiary/aromatic N) is 1. The predicted octanol–water partition coefficient (Wildman–Crippen LogP) is 5.15. The van der Waals surface area contributed by atoms with Gasteiger partial charge < -0.3 is 15.3 Å². The van der Waals surface area contributed by atoms with Gasteiger partial charge in [0.05, 0.1) is 12.3 Å². The highest BCUT2D eigenvalue weighted by molar-refractivity contribution is 5.53. The summed E-state index contributed by atoms with van der Waals surface area (Å²) in [5.41, 5.74) is 1.62. The van der Waals surface area contributed by atoms with Gasteiger partial charge in [0.2, 0.25) is 0 Å². The molecule has 2 atom stereocenters. The van der Waals surface area contributed by atoms with Gasteiger partial charge in [-0.2, -0.15) is 0 Å². The minimum Gasteiger partial charge on any atom is -0.389 e. The van der Waals surface area contributed by atoms with E-state index in [4.69, 9.17) is 0 Å². The van der Waals surface area contributed by atoms with E-state index in [1.807, 2.05) is 20.8 Å². The molecule has 1 aromatic rings. The van der Waals surface area contributed by atoms with Crippen LogP contribution in [-0.2, 0) is 0 Å². The molecule has 2 unspecified atom stereocenters. The molecule has 0 radical (unpaired) electrons. The molecule has 0 fully saturated rings. The average Bonchev–Trinajstić information content (AvgIpc) is 2.54. The normalized spacial score (nSPS) is 13.2. The second-order valence-corrected chi connectivity index (χ2v) is 5.06. The first-order valence-corrected chi connectivity index (χ1v) is 7.91. The Bertz CT molecular complexity index is 583. The van der Waals surface area contributed by atoms with Crippen LogP contribution in [0.1, 0.15) is 39.4 Å². The largest absolute Gasteiger partial charge is 0.389 e. The quantitative estimate of drug-likeness (QED) is 0.533. The minimum atomic E-state index is -0.809. The summed E-state index contributed by atoms with van der Waals surface area (Å²) in [6, 6.07) is 4.16. The van der Waals surface area contributed by atoms with Crippen LogP contribution < -0.4 is 5.32 Å². The van der Waals surface area contributed by atoms with Crippen molar-refractivity contribution in [2.24, 2.45) is 0 Å². The van der Waals surface area contributed by atoms with E-state index in [0.717, 1.165) is 0 Å². The Labute approximate surface area is 144 Å². The molecule has 0 aliphatic rings. The number of anilines is 1. The lowest BCUT2D eigenvalue weighted by Gasteiger charge is -2.30. The molecule has 0 heterocycles. The predicted molar refractivity (Wildman–Crippen MR) is 97.8 cm³/mol. The smallest absolute Gasteiger partial charge is 0.123 e. The summed E-state index contributed by atoms with van der Waals surface area (Å²) in [6.45, 7) is 14.3. The van der Waals surface area contributed by atoms with Gasteiger partial charge in [0.1, 0.15) is 11.6 Å². The van der Waals surface area contributed by atoms with Crippen molar-refractivity contribution in [1.82, 2.24) is 4.90 Å². The first kappa shape index (κ1) is 21.9. The summed E-state index contributed by atoms with van der Waals surface area (Å²) >= 11 is 0. The van der Waals surface area contributed by atoms with Gasteiger partial charge >= 0.3 is 0 Å². The summed E-state index contributed by atoms with van der Waals surface area (Å²) in [6.07, 6.45) is 1.73. The van der Waals surface area contributed by atoms with E-state index < -0.39 is 17.7 Å². The molecule has 0 saturated heterocycles. The van der Waals surface area contributed by atoms with E-state index in [1.165, 1.54) is 24.3 Å². The Balaban J connectivity index is 0.00000254. The van der Waals surface area contributed by atoms with Gasteiger partial charge in [-0.05, 0) is 44.2 Å². The molecular weight excluding hydrogens is 310 g/mol. The van der Waals surface area contributed by atoms with Gasteiger partial charge in [0.25, 0.3) is 0 Å². The molecule has 5 heteroatoms. The number of allylic oxidation sites excluding steroid dienone is 3. The van der Waals surface area contributed by atoms with E-state index in [1.54, 1.807) is 24.9 Å². The Morgan fingerprint density at radius 2 is 1.92 bits per heavy atom. The molecule has 0 saturated carbocycles. The molecule has 2 N–H and O–H groups in total. The topological polar surface area (TPSA) is 35.5 Å². The molecule has 0 aliphatic heterocycles. The van der Waals surface area contributed by atoms with Crippen LogP contribution in [0, 0.1) is 5.82 Å². The van der Waals surface area contributed by atoms with Crippen LogP contribution in [0.25, 0.3) is 0 Å². The van der Waals surface area contributed by atoms with Gasteiger partial charge in [-0.3, -0.25) is 0 Å². The van der Waals surface area contributed by atoms with E-state index >= 15 is 0 Å². The number of halogens is 2. The van der Waals surface area contributed by atoms with E-state index in [2.05, 4.69) is 18.5 Å². The van der Waals surface area contributed by atoms with E-state index in [0.29, 0.717) is 16.9 Å². The molecule has 0 aliphatic carbocycles. The van der Waals surface area contributed by atoms with Crippen molar-refractivity contribution >= 4 is 5.69 Å². The van der Waals surface area contributed by atoms with Crippen molar-refractivity contribution < 1.29 is 13.9 Å². The maximum absolute atomic E-state index is 13.3.